The predicted octanol–water partition coefficient (Wildman–Crippen LogP) is 5.00. The Morgan fingerprint density at radius 1 is 1.12 bits per heavy atom. The number of urea groups is 1. The van der Waals surface area contributed by atoms with Crippen molar-refractivity contribution in [2.45, 2.75) is 13.0 Å². The van der Waals surface area contributed by atoms with Gasteiger partial charge in [0.25, 0.3) is 0 Å². The van der Waals surface area contributed by atoms with E-state index in [9.17, 15) is 4.79 Å². The molecule has 2 aromatic carbocycles. The van der Waals surface area contributed by atoms with Gasteiger partial charge in [0.1, 0.15) is 0 Å². The van der Waals surface area contributed by atoms with Gasteiger partial charge in [-0.05, 0) is 40.5 Å². The molecule has 0 heterocycles. The molecule has 0 aliphatic heterocycles. The summed E-state index contributed by atoms with van der Waals surface area (Å²) in [6.07, 6.45) is 0. The van der Waals surface area contributed by atoms with Crippen molar-refractivity contribution in [1.82, 2.24) is 5.32 Å². The third-order valence-electron chi connectivity index (χ3n) is 3.44. The first kappa shape index (κ1) is 18.4. The molecular weight excluding hydrogens is 396 g/mol. The number of hydrogen-bond acceptors (Lipinski definition) is 3. The monoisotopic (exact) mass is 412 g/mol. The molecule has 24 heavy (non-hydrogen) atoms. The zero-order valence-electron chi connectivity index (χ0n) is 13.5. The topological polar surface area (TPSA) is 59.6 Å². The normalized spacial score (nSPS) is 11.5. The second kappa shape index (κ2) is 8.26. The minimum absolute atomic E-state index is 0.166. The molecule has 7 heteroatoms. The molecule has 5 nitrogen and oxygen atoms in total. The van der Waals surface area contributed by atoms with Crippen LogP contribution in [0.15, 0.2) is 40.9 Å². The standard InChI is InChI=1S/C17H18BrClN2O3/c1-10(11-4-6-12(19)7-5-11)20-17(22)21-14-9-16(24-3)15(23-2)8-13(14)18/h4-10H,1-3H3,(H2,20,21,22). The number of amides is 2. The van der Waals surface area contributed by atoms with E-state index in [1.807, 2.05) is 19.1 Å². The van der Waals surface area contributed by atoms with Crippen molar-refractivity contribution < 1.29 is 14.3 Å². The fourth-order valence-electron chi connectivity index (χ4n) is 2.14. The first-order valence-corrected chi connectivity index (χ1v) is 8.36. The number of methoxy groups -OCH3 is 2. The van der Waals surface area contributed by atoms with Crippen LogP contribution in [0.25, 0.3) is 0 Å². The molecule has 0 saturated heterocycles. The van der Waals surface area contributed by atoms with Gasteiger partial charge in [-0.2, -0.15) is 0 Å². The third kappa shape index (κ3) is 4.55. The van der Waals surface area contributed by atoms with E-state index in [2.05, 4.69) is 26.6 Å². The lowest BCUT2D eigenvalue weighted by Crippen LogP contribution is -2.31. The molecule has 2 rings (SSSR count). The van der Waals surface area contributed by atoms with Crippen molar-refractivity contribution in [2.75, 3.05) is 19.5 Å². The summed E-state index contributed by atoms with van der Waals surface area (Å²) in [6.45, 7) is 1.90. The van der Waals surface area contributed by atoms with Gasteiger partial charge in [0.15, 0.2) is 11.5 Å². The highest BCUT2D eigenvalue weighted by atomic mass is 79.9. The van der Waals surface area contributed by atoms with Crippen LogP contribution in [0.5, 0.6) is 11.5 Å². The van der Waals surface area contributed by atoms with E-state index >= 15 is 0 Å². The molecule has 0 aromatic heterocycles. The summed E-state index contributed by atoms with van der Waals surface area (Å²) in [4.78, 5) is 12.2. The summed E-state index contributed by atoms with van der Waals surface area (Å²) in [7, 11) is 3.09. The maximum Gasteiger partial charge on any atom is 0.319 e. The molecule has 0 fully saturated rings. The minimum atomic E-state index is -0.328. The molecule has 0 aliphatic carbocycles. The van der Waals surface area contributed by atoms with Crippen molar-refractivity contribution in [3.63, 3.8) is 0 Å². The van der Waals surface area contributed by atoms with Crippen LogP contribution in [0.3, 0.4) is 0 Å². The van der Waals surface area contributed by atoms with E-state index in [0.717, 1.165) is 5.56 Å². The van der Waals surface area contributed by atoms with Gasteiger partial charge in [-0.1, -0.05) is 23.7 Å². The van der Waals surface area contributed by atoms with Crippen LogP contribution in [-0.2, 0) is 0 Å². The molecule has 0 aliphatic rings. The van der Waals surface area contributed by atoms with E-state index in [-0.39, 0.29) is 12.1 Å². The maximum atomic E-state index is 12.2. The SMILES string of the molecule is COc1cc(Br)c(NC(=O)NC(C)c2ccc(Cl)cc2)cc1OC. The van der Waals surface area contributed by atoms with Gasteiger partial charge in [-0.3, -0.25) is 0 Å². The zero-order chi connectivity index (χ0) is 17.7. The molecule has 1 unspecified atom stereocenters. The zero-order valence-corrected chi connectivity index (χ0v) is 15.9. The van der Waals surface area contributed by atoms with E-state index in [0.29, 0.717) is 26.7 Å². The van der Waals surface area contributed by atoms with Crippen molar-refractivity contribution in [3.05, 3.63) is 51.5 Å². The van der Waals surface area contributed by atoms with Crippen LogP contribution in [0.4, 0.5) is 10.5 Å². The van der Waals surface area contributed by atoms with Crippen molar-refractivity contribution in [3.8, 4) is 11.5 Å². The summed E-state index contributed by atoms with van der Waals surface area (Å²) in [5.74, 6) is 1.10. The van der Waals surface area contributed by atoms with Gasteiger partial charge in [0.2, 0.25) is 0 Å². The highest BCUT2D eigenvalue weighted by Crippen LogP contribution is 2.36. The van der Waals surface area contributed by atoms with Crippen molar-refractivity contribution in [2.24, 2.45) is 0 Å². The number of ether oxygens (including phenoxy) is 2. The lowest BCUT2D eigenvalue weighted by Gasteiger charge is -2.17. The number of hydrogen-bond donors (Lipinski definition) is 2. The Balaban J connectivity index is 2.08. The van der Waals surface area contributed by atoms with E-state index in [1.165, 1.54) is 7.11 Å². The Morgan fingerprint density at radius 2 is 1.71 bits per heavy atom. The van der Waals surface area contributed by atoms with Crippen LogP contribution >= 0.6 is 27.5 Å². The quantitative estimate of drug-likeness (QED) is 0.725. The summed E-state index contributed by atoms with van der Waals surface area (Å²) >= 11 is 9.28. The molecule has 2 aromatic rings. The molecule has 0 spiro atoms. The van der Waals surface area contributed by atoms with Crippen LogP contribution in [0.1, 0.15) is 18.5 Å². The molecular formula is C17H18BrClN2O3. The summed E-state index contributed by atoms with van der Waals surface area (Å²) in [5, 5.41) is 6.32. The van der Waals surface area contributed by atoms with Gasteiger partial charge in [-0.25, -0.2) is 4.79 Å². The van der Waals surface area contributed by atoms with E-state index < -0.39 is 0 Å². The Labute approximate surface area is 154 Å². The number of rotatable bonds is 5. The largest absolute Gasteiger partial charge is 0.493 e. The molecule has 0 saturated carbocycles. The van der Waals surface area contributed by atoms with Crippen LogP contribution in [0, 0.1) is 0 Å². The predicted molar refractivity (Wildman–Crippen MR) is 99.3 cm³/mol. The first-order chi connectivity index (χ1) is 11.4. The Kier molecular flexibility index (Phi) is 6.34. The second-order valence-corrected chi connectivity index (χ2v) is 6.35. The van der Waals surface area contributed by atoms with Gasteiger partial charge < -0.3 is 20.1 Å². The van der Waals surface area contributed by atoms with Gasteiger partial charge in [-0.15, -0.1) is 0 Å². The molecule has 128 valence electrons. The molecule has 2 N–H and O–H groups in total. The van der Waals surface area contributed by atoms with Crippen LogP contribution in [0.2, 0.25) is 5.02 Å². The Hall–Kier alpha value is -1.92. The molecule has 0 radical (unpaired) electrons. The number of anilines is 1. The minimum Gasteiger partial charge on any atom is -0.493 e. The summed E-state index contributed by atoms with van der Waals surface area (Å²) < 4.78 is 11.1. The highest BCUT2D eigenvalue weighted by molar-refractivity contribution is 9.10. The van der Waals surface area contributed by atoms with Crippen LogP contribution < -0.4 is 20.1 Å². The van der Waals surface area contributed by atoms with Crippen molar-refractivity contribution in [1.29, 1.82) is 0 Å². The van der Waals surface area contributed by atoms with Gasteiger partial charge >= 0.3 is 6.03 Å². The molecule has 2 amide bonds. The third-order valence-corrected chi connectivity index (χ3v) is 4.35. The Bertz CT molecular complexity index is 723. The average molecular weight is 414 g/mol. The smallest absolute Gasteiger partial charge is 0.319 e. The number of benzene rings is 2. The second-order valence-electron chi connectivity index (χ2n) is 5.06. The molecule has 1 atom stereocenters. The highest BCUT2D eigenvalue weighted by Gasteiger charge is 2.14. The summed E-state index contributed by atoms with van der Waals surface area (Å²) in [6, 6.07) is 10.3. The van der Waals surface area contributed by atoms with E-state index in [4.69, 9.17) is 21.1 Å². The number of halogens is 2. The van der Waals surface area contributed by atoms with Crippen LogP contribution in [-0.4, -0.2) is 20.3 Å². The first-order valence-electron chi connectivity index (χ1n) is 7.19. The average Bonchev–Trinajstić information content (AvgIpc) is 2.56. The summed E-state index contributed by atoms with van der Waals surface area (Å²) in [5.41, 5.74) is 1.54. The van der Waals surface area contributed by atoms with Gasteiger partial charge in [0.05, 0.1) is 25.9 Å². The van der Waals surface area contributed by atoms with Gasteiger partial charge in [0, 0.05) is 21.6 Å². The lowest BCUT2D eigenvalue weighted by molar-refractivity contribution is 0.249. The molecule has 0 bridgehead atoms. The Morgan fingerprint density at radius 3 is 2.29 bits per heavy atom. The number of carbonyl (C=O) groups is 1. The fourth-order valence-corrected chi connectivity index (χ4v) is 2.69. The van der Waals surface area contributed by atoms with E-state index in [1.54, 1.807) is 31.4 Å². The number of carbonyl (C=O) groups excluding carboxylic acids is 1. The maximum absolute atomic E-state index is 12.2. The lowest BCUT2D eigenvalue weighted by atomic mass is 10.1. The van der Waals surface area contributed by atoms with Crippen molar-refractivity contribution >= 4 is 39.2 Å². The number of nitrogens with one attached hydrogen (secondary N) is 2. The fraction of sp³-hybridized carbons (Fsp3) is 0.235.